The van der Waals surface area contributed by atoms with E-state index in [0.717, 1.165) is 22.8 Å². The zero-order valence-electron chi connectivity index (χ0n) is 14.2. The van der Waals surface area contributed by atoms with E-state index in [9.17, 15) is 18.0 Å². The molecule has 4 nitrogen and oxygen atoms in total. The lowest BCUT2D eigenvalue weighted by Gasteiger charge is -2.27. The molecule has 0 radical (unpaired) electrons. The molecule has 1 heterocycles. The summed E-state index contributed by atoms with van der Waals surface area (Å²) in [5.74, 6) is -1.67. The lowest BCUT2D eigenvalue weighted by molar-refractivity contribution is -0.187. The Morgan fingerprint density at radius 1 is 1.26 bits per heavy atom. The van der Waals surface area contributed by atoms with Crippen molar-refractivity contribution < 1.29 is 27.8 Å². The van der Waals surface area contributed by atoms with Gasteiger partial charge < -0.3 is 9.84 Å². The third-order valence-corrected chi connectivity index (χ3v) is 4.33. The summed E-state index contributed by atoms with van der Waals surface area (Å²) in [7, 11) is 0. The molecule has 138 valence electrons. The highest BCUT2D eigenvalue weighted by Crippen LogP contribution is 2.38. The molecule has 2 aromatic carbocycles. The van der Waals surface area contributed by atoms with Gasteiger partial charge in [-0.3, -0.25) is 0 Å². The number of rotatable bonds is 3. The van der Waals surface area contributed by atoms with Crippen LogP contribution in [0.3, 0.4) is 0 Å². The first-order valence-corrected chi connectivity index (χ1v) is 8.00. The van der Waals surface area contributed by atoms with Crippen LogP contribution >= 0.6 is 0 Å². The normalized spacial score (nSPS) is 16.0. The second-order valence-corrected chi connectivity index (χ2v) is 6.25. The number of alkyl halides is 3. The van der Waals surface area contributed by atoms with E-state index >= 15 is 0 Å². The maximum absolute atomic E-state index is 13.2. The van der Waals surface area contributed by atoms with E-state index in [-0.39, 0.29) is 5.75 Å². The Kier molecular flexibility index (Phi) is 4.66. The van der Waals surface area contributed by atoms with Gasteiger partial charge in [-0.25, -0.2) is 4.79 Å². The number of benzene rings is 2. The summed E-state index contributed by atoms with van der Waals surface area (Å²) in [5, 5.41) is 17.9. The summed E-state index contributed by atoms with van der Waals surface area (Å²) in [5.41, 5.74) is 2.42. The Balaban J connectivity index is 1.98. The molecule has 0 saturated carbocycles. The molecule has 0 spiro atoms. The van der Waals surface area contributed by atoms with Gasteiger partial charge in [0.15, 0.2) is 0 Å². The molecule has 0 bridgehead atoms. The molecule has 1 aliphatic heterocycles. The fraction of sp³-hybridized carbons (Fsp3) is 0.200. The Labute approximate surface area is 153 Å². The first kappa shape index (κ1) is 18.5. The number of hydrogen-bond acceptors (Lipinski definition) is 3. The number of carboxylic acid groups (broad SMARTS) is 1. The number of aliphatic carboxylic acids is 1. The largest absolute Gasteiger partial charge is 0.478 e. The summed E-state index contributed by atoms with van der Waals surface area (Å²) < 4.78 is 44.6. The van der Waals surface area contributed by atoms with Gasteiger partial charge in [0.05, 0.1) is 17.2 Å². The predicted octanol–water partition coefficient (Wildman–Crippen LogP) is 4.25. The van der Waals surface area contributed by atoms with Gasteiger partial charge in [-0.2, -0.15) is 18.4 Å². The summed E-state index contributed by atoms with van der Waals surface area (Å²) in [6, 6.07) is 12.0. The SMILES string of the molecule is Cc1cc2c(cc1Cc1ccc(C#N)cc1)OC(C(F)(F)F)C(C(=O)O)=C2. The summed E-state index contributed by atoms with van der Waals surface area (Å²) in [4.78, 5) is 11.2. The van der Waals surface area contributed by atoms with Crippen LogP contribution in [0.2, 0.25) is 0 Å². The minimum absolute atomic E-state index is 0.00318. The van der Waals surface area contributed by atoms with Crippen LogP contribution in [-0.4, -0.2) is 23.4 Å². The number of hydrogen-bond donors (Lipinski definition) is 1. The van der Waals surface area contributed by atoms with Crippen LogP contribution in [0.5, 0.6) is 5.75 Å². The topological polar surface area (TPSA) is 70.3 Å². The van der Waals surface area contributed by atoms with Crippen LogP contribution in [0.4, 0.5) is 13.2 Å². The van der Waals surface area contributed by atoms with Gasteiger partial charge in [0, 0.05) is 5.56 Å². The van der Waals surface area contributed by atoms with Crippen molar-refractivity contribution in [3.8, 4) is 11.8 Å². The van der Waals surface area contributed by atoms with Crippen LogP contribution in [0, 0.1) is 18.3 Å². The molecule has 1 atom stereocenters. The number of halogens is 3. The van der Waals surface area contributed by atoms with Crippen LogP contribution < -0.4 is 4.74 Å². The van der Waals surface area contributed by atoms with Gasteiger partial charge in [-0.15, -0.1) is 0 Å². The van der Waals surface area contributed by atoms with Crippen molar-refractivity contribution >= 4 is 12.0 Å². The third-order valence-electron chi connectivity index (χ3n) is 4.33. The molecule has 0 saturated heterocycles. The fourth-order valence-corrected chi connectivity index (χ4v) is 2.93. The molecule has 7 heteroatoms. The predicted molar refractivity (Wildman–Crippen MR) is 91.2 cm³/mol. The second-order valence-electron chi connectivity index (χ2n) is 6.25. The van der Waals surface area contributed by atoms with Crippen molar-refractivity contribution in [2.75, 3.05) is 0 Å². The highest BCUT2D eigenvalue weighted by Gasteiger charge is 2.48. The number of carboxylic acids is 1. The molecule has 2 aromatic rings. The number of ether oxygens (including phenoxy) is 1. The Morgan fingerprint density at radius 3 is 2.48 bits per heavy atom. The van der Waals surface area contributed by atoms with E-state index in [0.29, 0.717) is 17.5 Å². The van der Waals surface area contributed by atoms with E-state index < -0.39 is 23.8 Å². The molecule has 1 unspecified atom stereocenters. The minimum atomic E-state index is -4.83. The third kappa shape index (κ3) is 3.80. The lowest BCUT2D eigenvalue weighted by Crippen LogP contribution is -2.40. The molecule has 0 aromatic heterocycles. The Hall–Kier alpha value is -3.27. The van der Waals surface area contributed by atoms with Gasteiger partial charge in [0.25, 0.3) is 0 Å². The molecular weight excluding hydrogens is 359 g/mol. The molecule has 27 heavy (non-hydrogen) atoms. The Bertz CT molecular complexity index is 970. The van der Waals surface area contributed by atoms with Crippen molar-refractivity contribution in [2.24, 2.45) is 0 Å². The van der Waals surface area contributed by atoms with Crippen molar-refractivity contribution in [2.45, 2.75) is 25.6 Å². The van der Waals surface area contributed by atoms with Crippen molar-refractivity contribution in [1.82, 2.24) is 0 Å². The molecular formula is C20H14F3NO3. The number of fused-ring (bicyclic) bond motifs is 1. The number of nitrogens with zero attached hydrogens (tertiary/aromatic N) is 1. The molecule has 0 aliphatic carbocycles. The first-order valence-electron chi connectivity index (χ1n) is 8.00. The number of aryl methyl sites for hydroxylation is 1. The van der Waals surface area contributed by atoms with E-state index in [1.54, 1.807) is 37.3 Å². The molecule has 1 N–H and O–H groups in total. The van der Waals surface area contributed by atoms with E-state index in [4.69, 9.17) is 15.1 Å². The van der Waals surface area contributed by atoms with E-state index in [1.807, 2.05) is 6.07 Å². The quantitative estimate of drug-likeness (QED) is 0.873. The maximum atomic E-state index is 13.2. The molecule has 3 rings (SSSR count). The Morgan fingerprint density at radius 2 is 1.93 bits per heavy atom. The monoisotopic (exact) mass is 373 g/mol. The maximum Gasteiger partial charge on any atom is 0.430 e. The highest BCUT2D eigenvalue weighted by molar-refractivity contribution is 5.95. The molecule has 0 fully saturated rings. The van der Waals surface area contributed by atoms with Crippen molar-refractivity contribution in [3.63, 3.8) is 0 Å². The van der Waals surface area contributed by atoms with E-state index in [2.05, 4.69) is 0 Å². The van der Waals surface area contributed by atoms with Crippen molar-refractivity contribution in [3.05, 3.63) is 69.8 Å². The standard InChI is InChI=1S/C20H14F3NO3/c1-11-6-15-8-16(19(25)26)18(20(21,22)23)27-17(15)9-14(11)7-12-2-4-13(10-24)5-3-12/h2-6,8-9,18H,7H2,1H3,(H,25,26). The average molecular weight is 373 g/mol. The highest BCUT2D eigenvalue weighted by atomic mass is 19.4. The zero-order valence-corrected chi connectivity index (χ0v) is 14.2. The number of carbonyl (C=O) groups is 1. The smallest absolute Gasteiger partial charge is 0.430 e. The summed E-state index contributed by atoms with van der Waals surface area (Å²) in [6.07, 6.45) is -5.88. The van der Waals surface area contributed by atoms with Gasteiger partial charge in [-0.1, -0.05) is 12.1 Å². The van der Waals surface area contributed by atoms with Crippen LogP contribution in [-0.2, 0) is 11.2 Å². The second kappa shape index (κ2) is 6.80. The van der Waals surface area contributed by atoms with Crippen molar-refractivity contribution in [1.29, 1.82) is 5.26 Å². The van der Waals surface area contributed by atoms with Gasteiger partial charge in [0.2, 0.25) is 6.10 Å². The fourth-order valence-electron chi connectivity index (χ4n) is 2.93. The minimum Gasteiger partial charge on any atom is -0.478 e. The molecule has 1 aliphatic rings. The lowest BCUT2D eigenvalue weighted by atomic mass is 9.94. The van der Waals surface area contributed by atoms with Gasteiger partial charge in [0.1, 0.15) is 5.75 Å². The van der Waals surface area contributed by atoms with E-state index in [1.165, 1.54) is 6.07 Å². The first-order chi connectivity index (χ1) is 12.7. The molecule has 0 amide bonds. The van der Waals surface area contributed by atoms with Gasteiger partial charge >= 0.3 is 12.1 Å². The summed E-state index contributed by atoms with van der Waals surface area (Å²) >= 11 is 0. The zero-order chi connectivity index (χ0) is 19.8. The van der Waals surface area contributed by atoms with Crippen LogP contribution in [0.1, 0.15) is 27.8 Å². The van der Waals surface area contributed by atoms with Crippen LogP contribution in [0.15, 0.2) is 42.0 Å². The van der Waals surface area contributed by atoms with Crippen LogP contribution in [0.25, 0.3) is 6.08 Å². The average Bonchev–Trinajstić information content (AvgIpc) is 2.61. The summed E-state index contributed by atoms with van der Waals surface area (Å²) in [6.45, 7) is 1.80. The van der Waals surface area contributed by atoms with Gasteiger partial charge in [-0.05, 0) is 60.4 Å². The number of nitriles is 1.